The molecule has 1 aromatic heterocycles. The Morgan fingerprint density at radius 3 is 2.44 bits per heavy atom. The van der Waals surface area contributed by atoms with Crippen molar-refractivity contribution < 1.29 is 9.59 Å². The van der Waals surface area contributed by atoms with Crippen LogP contribution in [0, 0.1) is 6.92 Å². The Hall–Kier alpha value is -2.34. The molecule has 1 saturated carbocycles. The number of benzene rings is 1. The van der Waals surface area contributed by atoms with E-state index in [1.807, 2.05) is 19.1 Å². The average Bonchev–Trinajstić information content (AvgIpc) is 3.25. The first-order valence-corrected chi connectivity index (χ1v) is 9.43. The molecule has 2 aromatic rings. The zero-order valence-electron chi connectivity index (χ0n) is 14.3. The molecular weight excluding hydrogens is 334 g/mol. The van der Waals surface area contributed by atoms with E-state index in [4.69, 9.17) is 0 Å². The zero-order chi connectivity index (χ0) is 17.6. The summed E-state index contributed by atoms with van der Waals surface area (Å²) in [7, 11) is 0. The fourth-order valence-corrected chi connectivity index (χ4v) is 3.80. The van der Waals surface area contributed by atoms with Crippen LogP contribution in [-0.4, -0.2) is 18.0 Å². The van der Waals surface area contributed by atoms with Crippen molar-refractivity contribution in [3.8, 4) is 0 Å². The molecule has 0 atom stereocenters. The summed E-state index contributed by atoms with van der Waals surface area (Å²) in [6.07, 6.45) is 4.51. The number of amides is 3. The lowest BCUT2D eigenvalue weighted by atomic mass is 10.1. The number of hydrogen-bond acceptors (Lipinski definition) is 3. The van der Waals surface area contributed by atoms with Gasteiger partial charge in [0.1, 0.15) is 0 Å². The summed E-state index contributed by atoms with van der Waals surface area (Å²) in [5.74, 6) is -0.0454. The van der Waals surface area contributed by atoms with Crippen LogP contribution in [0.3, 0.4) is 0 Å². The Morgan fingerprint density at radius 1 is 1.08 bits per heavy atom. The molecule has 0 aliphatic heterocycles. The van der Waals surface area contributed by atoms with Gasteiger partial charge in [0.2, 0.25) is 0 Å². The van der Waals surface area contributed by atoms with Crippen LogP contribution in [0.15, 0.2) is 36.4 Å². The van der Waals surface area contributed by atoms with Crippen molar-refractivity contribution in [3.05, 3.63) is 51.7 Å². The van der Waals surface area contributed by atoms with Crippen LogP contribution in [0.4, 0.5) is 10.5 Å². The Kier molecular flexibility index (Phi) is 5.71. The van der Waals surface area contributed by atoms with Crippen molar-refractivity contribution in [2.24, 2.45) is 0 Å². The maximum absolute atomic E-state index is 12.2. The van der Waals surface area contributed by atoms with Crippen LogP contribution in [0.2, 0.25) is 0 Å². The monoisotopic (exact) mass is 357 g/mol. The number of hydrogen-bond donors (Lipinski definition) is 3. The molecule has 0 spiro atoms. The third-order valence-corrected chi connectivity index (χ3v) is 5.32. The van der Waals surface area contributed by atoms with E-state index in [1.54, 1.807) is 35.6 Å². The minimum Gasteiger partial charge on any atom is -0.349 e. The highest BCUT2D eigenvalue weighted by Gasteiger charge is 2.17. The molecule has 5 nitrogen and oxygen atoms in total. The fraction of sp³-hybridized carbons (Fsp3) is 0.368. The first kappa shape index (κ1) is 17.5. The molecule has 0 radical (unpaired) electrons. The molecule has 3 rings (SSSR count). The zero-order valence-corrected chi connectivity index (χ0v) is 15.1. The standard InChI is InChI=1S/C19H23N3O2S/c1-13-6-11-17(25-13)12-20-19(24)22-16-9-7-14(8-10-16)18(23)21-15-4-2-3-5-15/h6-11,15H,2-5,12H2,1H3,(H,21,23)(H2,20,22,24). The van der Waals surface area contributed by atoms with Crippen LogP contribution in [0.25, 0.3) is 0 Å². The molecule has 3 N–H and O–H groups in total. The van der Waals surface area contributed by atoms with Gasteiger partial charge in [0.05, 0.1) is 6.54 Å². The lowest BCUT2D eigenvalue weighted by Gasteiger charge is -2.12. The van der Waals surface area contributed by atoms with Crippen LogP contribution < -0.4 is 16.0 Å². The van der Waals surface area contributed by atoms with Gasteiger partial charge in [-0.3, -0.25) is 4.79 Å². The molecule has 0 unspecified atom stereocenters. The van der Waals surface area contributed by atoms with Crippen molar-refractivity contribution in [2.75, 3.05) is 5.32 Å². The smallest absolute Gasteiger partial charge is 0.319 e. The number of thiophene rings is 1. The summed E-state index contributed by atoms with van der Waals surface area (Å²) in [5.41, 5.74) is 1.28. The van der Waals surface area contributed by atoms with E-state index in [0.717, 1.165) is 17.7 Å². The van der Waals surface area contributed by atoms with E-state index in [9.17, 15) is 9.59 Å². The summed E-state index contributed by atoms with van der Waals surface area (Å²) in [5, 5.41) is 8.67. The van der Waals surface area contributed by atoms with Gasteiger partial charge >= 0.3 is 6.03 Å². The fourth-order valence-electron chi connectivity index (χ4n) is 2.97. The second-order valence-electron chi connectivity index (χ2n) is 6.35. The maximum Gasteiger partial charge on any atom is 0.319 e. The molecule has 1 fully saturated rings. The Balaban J connectivity index is 1.47. The van der Waals surface area contributed by atoms with E-state index in [0.29, 0.717) is 23.8 Å². The van der Waals surface area contributed by atoms with Crippen LogP contribution >= 0.6 is 11.3 Å². The first-order valence-electron chi connectivity index (χ1n) is 8.61. The van der Waals surface area contributed by atoms with Crippen molar-refractivity contribution in [1.82, 2.24) is 10.6 Å². The van der Waals surface area contributed by atoms with E-state index in [1.165, 1.54) is 17.7 Å². The molecular formula is C19H23N3O2S. The quantitative estimate of drug-likeness (QED) is 0.755. The Labute approximate surface area is 151 Å². The van der Waals surface area contributed by atoms with Crippen LogP contribution in [0.5, 0.6) is 0 Å². The molecule has 1 aliphatic rings. The summed E-state index contributed by atoms with van der Waals surface area (Å²) in [6.45, 7) is 2.55. The van der Waals surface area contributed by atoms with Crippen LogP contribution in [-0.2, 0) is 6.54 Å². The summed E-state index contributed by atoms with van der Waals surface area (Å²) >= 11 is 1.67. The van der Waals surface area contributed by atoms with Crippen LogP contribution in [0.1, 0.15) is 45.8 Å². The van der Waals surface area contributed by atoms with Gasteiger partial charge in [-0.2, -0.15) is 0 Å². The maximum atomic E-state index is 12.2. The third kappa shape index (κ3) is 5.06. The Morgan fingerprint density at radius 2 is 1.80 bits per heavy atom. The number of anilines is 1. The van der Waals surface area contributed by atoms with Crippen molar-refractivity contribution in [3.63, 3.8) is 0 Å². The van der Waals surface area contributed by atoms with Gasteiger partial charge in [-0.05, 0) is 56.2 Å². The second-order valence-corrected chi connectivity index (χ2v) is 7.72. The molecule has 3 amide bonds. The summed E-state index contributed by atoms with van der Waals surface area (Å²) < 4.78 is 0. The lowest BCUT2D eigenvalue weighted by molar-refractivity contribution is 0.0938. The molecule has 1 aliphatic carbocycles. The van der Waals surface area contributed by atoms with Gasteiger partial charge in [0.25, 0.3) is 5.91 Å². The normalized spacial score (nSPS) is 14.3. The van der Waals surface area contributed by atoms with Gasteiger partial charge in [-0.1, -0.05) is 12.8 Å². The Bertz CT molecular complexity index is 733. The molecule has 25 heavy (non-hydrogen) atoms. The van der Waals surface area contributed by atoms with Crippen molar-refractivity contribution in [2.45, 2.75) is 45.2 Å². The van der Waals surface area contributed by atoms with Gasteiger partial charge in [0.15, 0.2) is 0 Å². The molecule has 132 valence electrons. The molecule has 0 bridgehead atoms. The van der Waals surface area contributed by atoms with Gasteiger partial charge < -0.3 is 16.0 Å². The van der Waals surface area contributed by atoms with E-state index >= 15 is 0 Å². The highest BCUT2D eigenvalue weighted by Crippen LogP contribution is 2.18. The van der Waals surface area contributed by atoms with Gasteiger partial charge in [-0.25, -0.2) is 4.79 Å². The second kappa shape index (κ2) is 8.16. The minimum atomic E-state index is -0.255. The van der Waals surface area contributed by atoms with E-state index in [-0.39, 0.29) is 11.9 Å². The van der Waals surface area contributed by atoms with Crippen molar-refractivity contribution >= 4 is 29.0 Å². The number of nitrogens with one attached hydrogen (secondary N) is 3. The number of carbonyl (C=O) groups excluding carboxylic acids is 2. The highest BCUT2D eigenvalue weighted by molar-refractivity contribution is 7.11. The predicted molar refractivity (Wildman–Crippen MR) is 101 cm³/mol. The number of urea groups is 1. The van der Waals surface area contributed by atoms with E-state index in [2.05, 4.69) is 16.0 Å². The minimum absolute atomic E-state index is 0.0454. The molecule has 1 heterocycles. The summed E-state index contributed by atoms with van der Waals surface area (Å²) in [6, 6.07) is 11.1. The van der Waals surface area contributed by atoms with Crippen molar-refractivity contribution in [1.29, 1.82) is 0 Å². The summed E-state index contributed by atoms with van der Waals surface area (Å²) in [4.78, 5) is 26.5. The lowest BCUT2D eigenvalue weighted by Crippen LogP contribution is -2.32. The van der Waals surface area contributed by atoms with E-state index < -0.39 is 0 Å². The largest absolute Gasteiger partial charge is 0.349 e. The van der Waals surface area contributed by atoms with Gasteiger partial charge in [-0.15, -0.1) is 11.3 Å². The topological polar surface area (TPSA) is 70.2 Å². The third-order valence-electron chi connectivity index (χ3n) is 4.31. The number of rotatable bonds is 5. The van der Waals surface area contributed by atoms with Gasteiger partial charge in [0, 0.05) is 27.0 Å². The molecule has 1 aromatic carbocycles. The molecule has 0 saturated heterocycles. The predicted octanol–water partition coefficient (Wildman–Crippen LogP) is 4.05. The average molecular weight is 357 g/mol. The SMILES string of the molecule is Cc1ccc(CNC(=O)Nc2ccc(C(=O)NC3CCCC3)cc2)s1. The highest BCUT2D eigenvalue weighted by atomic mass is 32.1. The number of aryl methyl sites for hydroxylation is 1. The number of carbonyl (C=O) groups is 2. The molecule has 6 heteroatoms. The first-order chi connectivity index (χ1) is 12.1.